The number of pyridine rings is 2. The minimum atomic E-state index is -0.575. The number of benzene rings is 4. The fourth-order valence-corrected chi connectivity index (χ4v) is 8.84. The number of halogens is 1. The lowest BCUT2D eigenvalue weighted by molar-refractivity contribution is 0.0820. The molecule has 2 atom stereocenters. The number of nitriles is 2. The molecule has 0 spiro atoms. The summed E-state index contributed by atoms with van der Waals surface area (Å²) in [4.78, 5) is 38.8. The first-order valence-corrected chi connectivity index (χ1v) is 23.9. The number of nitrogens with zero attached hydrogens (tertiary/aromatic N) is 7. The van der Waals surface area contributed by atoms with Crippen LogP contribution < -0.4 is 25.8 Å². The highest BCUT2D eigenvalue weighted by Crippen LogP contribution is 2.40. The Hall–Kier alpha value is -8.61. The number of hydrogen-bond acceptors (Lipinski definition) is 14. The van der Waals surface area contributed by atoms with Gasteiger partial charge < -0.3 is 49.4 Å². The van der Waals surface area contributed by atoms with Crippen LogP contribution in [-0.2, 0) is 0 Å². The second-order valence-corrected chi connectivity index (χ2v) is 18.4. The number of fused-ring (bicyclic) bond motifs is 2. The van der Waals surface area contributed by atoms with Crippen molar-refractivity contribution in [2.45, 2.75) is 24.9 Å². The third-order valence-corrected chi connectivity index (χ3v) is 12.8. The molecule has 2 amide bonds. The van der Waals surface area contributed by atoms with Gasteiger partial charge in [-0.25, -0.2) is 4.39 Å². The normalized spacial score (nSPS) is 15.0. The van der Waals surface area contributed by atoms with Crippen molar-refractivity contribution in [3.05, 3.63) is 138 Å². The number of amides is 2. The van der Waals surface area contributed by atoms with Crippen molar-refractivity contribution in [3.8, 4) is 68.5 Å². The summed E-state index contributed by atoms with van der Waals surface area (Å²) >= 11 is 0. The first-order valence-electron chi connectivity index (χ1n) is 23.9. The van der Waals surface area contributed by atoms with Gasteiger partial charge in [0.1, 0.15) is 52.0 Å². The lowest BCUT2D eigenvalue weighted by atomic mass is 10.0. The van der Waals surface area contributed by atoms with E-state index in [0.29, 0.717) is 90.7 Å². The Kier molecular flexibility index (Phi) is 16.0. The molecule has 0 aliphatic carbocycles. The van der Waals surface area contributed by atoms with Gasteiger partial charge in [-0.05, 0) is 117 Å². The molecular weight excluding hydrogens is 940 g/mol. The summed E-state index contributed by atoms with van der Waals surface area (Å²) in [5, 5.41) is 25.7. The van der Waals surface area contributed by atoms with Crippen molar-refractivity contribution in [1.82, 2.24) is 30.0 Å². The molecular formula is C57H57FN10O6. The third-order valence-electron chi connectivity index (χ3n) is 12.8. The fourth-order valence-electron chi connectivity index (χ4n) is 8.84. The van der Waals surface area contributed by atoms with Gasteiger partial charge in [-0.3, -0.25) is 19.6 Å². The average molecular weight is 997 g/mol. The molecule has 2 aliphatic rings. The molecule has 10 rings (SSSR count). The summed E-state index contributed by atoms with van der Waals surface area (Å²) in [5.74, 6) is 1.30. The van der Waals surface area contributed by atoms with Crippen molar-refractivity contribution < 1.29 is 32.3 Å². The molecule has 2 fully saturated rings. The minimum Gasteiger partial charge on any atom is -0.496 e. The Morgan fingerprint density at radius 3 is 1.69 bits per heavy atom. The quantitative estimate of drug-likeness (QED) is 0.117. The molecule has 4 N–H and O–H groups in total. The van der Waals surface area contributed by atoms with Gasteiger partial charge in [0, 0.05) is 100 Å². The number of carbonyl (C=O) groups excluding carboxylic acids is 2. The summed E-state index contributed by atoms with van der Waals surface area (Å²) in [5.41, 5.74) is 14.8. The number of ether oxygens (including phenoxy) is 2. The van der Waals surface area contributed by atoms with Crippen LogP contribution >= 0.6 is 0 Å². The van der Waals surface area contributed by atoms with Gasteiger partial charge in [-0.1, -0.05) is 12.1 Å². The Balaban J connectivity index is 0.000000175. The van der Waals surface area contributed by atoms with Crippen molar-refractivity contribution in [3.63, 3.8) is 0 Å². The number of furan rings is 2. The van der Waals surface area contributed by atoms with E-state index in [1.165, 1.54) is 42.0 Å². The van der Waals surface area contributed by atoms with Gasteiger partial charge in [0.25, 0.3) is 11.8 Å². The maximum absolute atomic E-state index is 13.7. The van der Waals surface area contributed by atoms with Gasteiger partial charge in [-0.15, -0.1) is 0 Å². The van der Waals surface area contributed by atoms with Crippen molar-refractivity contribution in [1.29, 1.82) is 10.5 Å². The summed E-state index contributed by atoms with van der Waals surface area (Å²) in [7, 11) is 12.0. The topological polar surface area (TPSA) is 212 Å². The number of rotatable bonds is 10. The van der Waals surface area contributed by atoms with Gasteiger partial charge in [0.15, 0.2) is 11.2 Å². The molecule has 0 saturated carbocycles. The van der Waals surface area contributed by atoms with E-state index in [4.69, 9.17) is 29.3 Å². The highest BCUT2D eigenvalue weighted by molar-refractivity contribution is 5.98. The van der Waals surface area contributed by atoms with E-state index < -0.39 is 5.82 Å². The number of aromatic nitrogens is 2. The van der Waals surface area contributed by atoms with Crippen LogP contribution in [0.3, 0.4) is 0 Å². The van der Waals surface area contributed by atoms with Crippen LogP contribution in [0.4, 0.5) is 10.1 Å². The number of carbonyl (C=O) groups is 2. The second kappa shape index (κ2) is 22.9. The maximum atomic E-state index is 13.7. The SMILES string of the molecule is CN1CCC(N)C1.COc1cc(C(=O)N(C)C)ccc1-c1cc2nccc(-c3ccc(F)c(C#N)c3)c2o1.COc1cc(C(=O)N(C)C)ccc1-c1cc2nccc(-c3ccc(NC4CCNC4)c(C#N)c3)c2o1. The molecule has 6 heterocycles. The largest absolute Gasteiger partial charge is 0.496 e. The molecule has 16 nitrogen and oxygen atoms in total. The van der Waals surface area contributed by atoms with Crippen molar-refractivity contribution in [2.24, 2.45) is 5.73 Å². The molecule has 17 heteroatoms. The predicted octanol–water partition coefficient (Wildman–Crippen LogP) is 9.05. The first kappa shape index (κ1) is 51.7. The van der Waals surface area contributed by atoms with Crippen LogP contribution in [0.1, 0.15) is 44.7 Å². The standard InChI is InChI=1S/C28H27N5O3.C24H18FN3O3.C5H12N2/c1-33(2)28(34)18-4-6-22(25(13-18)35-3)26-14-24-27(36-26)21(9-11-31-24)17-5-7-23(19(12-17)15-29)32-20-8-10-30-16-20;1-28(2)24(29)15-4-6-18(21(11-15)30-3)22-12-20-23(31-22)17(8-9-27-20)14-5-7-19(25)16(10-14)13-26;1-7-3-2-5(6)4-7/h4-7,9,11-14,20,30,32H,8,10,16H2,1-3H3;4-12H,1-3H3;5H,2-4,6H2,1H3. The van der Waals surface area contributed by atoms with Crippen LogP contribution in [0.25, 0.3) is 67.1 Å². The van der Waals surface area contributed by atoms with E-state index in [9.17, 15) is 19.2 Å². The fraction of sp³-hybridized carbons (Fsp3) is 0.263. The lowest BCUT2D eigenvalue weighted by Gasteiger charge is -2.15. The summed E-state index contributed by atoms with van der Waals surface area (Å²) in [6.07, 6.45) is 5.56. The van der Waals surface area contributed by atoms with Crippen LogP contribution in [0, 0.1) is 28.5 Å². The van der Waals surface area contributed by atoms with E-state index in [1.807, 2.05) is 42.5 Å². The maximum Gasteiger partial charge on any atom is 0.253 e. The molecule has 0 bridgehead atoms. The summed E-state index contributed by atoms with van der Waals surface area (Å²) in [6.45, 7) is 4.13. The van der Waals surface area contributed by atoms with Crippen LogP contribution in [0.2, 0.25) is 0 Å². The van der Waals surface area contributed by atoms with E-state index in [0.717, 1.165) is 48.4 Å². The molecule has 4 aromatic carbocycles. The molecule has 2 saturated heterocycles. The van der Waals surface area contributed by atoms with Gasteiger partial charge in [0.05, 0.1) is 42.2 Å². The smallest absolute Gasteiger partial charge is 0.253 e. The van der Waals surface area contributed by atoms with E-state index in [2.05, 4.69) is 38.6 Å². The van der Waals surface area contributed by atoms with Crippen LogP contribution in [-0.4, -0.2) is 124 Å². The predicted molar refractivity (Wildman–Crippen MR) is 283 cm³/mol. The van der Waals surface area contributed by atoms with E-state index >= 15 is 0 Å². The zero-order chi connectivity index (χ0) is 52.6. The van der Waals surface area contributed by atoms with Crippen LogP contribution in [0.5, 0.6) is 11.5 Å². The summed E-state index contributed by atoms with van der Waals surface area (Å²) in [6, 6.07) is 32.8. The average Bonchev–Trinajstić information content (AvgIpc) is 4.26. The molecule has 2 aliphatic heterocycles. The number of methoxy groups -OCH3 is 2. The molecule has 4 aromatic heterocycles. The first-order chi connectivity index (χ1) is 35.7. The van der Waals surface area contributed by atoms with Gasteiger partial charge in [-0.2, -0.15) is 10.5 Å². The van der Waals surface area contributed by atoms with Crippen molar-refractivity contribution in [2.75, 3.05) is 81.0 Å². The molecule has 378 valence electrons. The lowest BCUT2D eigenvalue weighted by Crippen LogP contribution is -2.23. The Bertz CT molecular complexity index is 3430. The van der Waals surface area contributed by atoms with E-state index in [1.54, 1.807) is 96.2 Å². The monoisotopic (exact) mass is 996 g/mol. The van der Waals surface area contributed by atoms with Crippen LogP contribution in [0.15, 0.2) is 118 Å². The number of likely N-dealkylation sites (tertiary alicyclic amines) is 1. The molecule has 2 unspecified atom stereocenters. The highest BCUT2D eigenvalue weighted by Gasteiger charge is 2.22. The highest BCUT2D eigenvalue weighted by atomic mass is 19.1. The number of likely N-dealkylation sites (N-methyl/N-ethyl adjacent to an activating group) is 1. The molecule has 74 heavy (non-hydrogen) atoms. The van der Waals surface area contributed by atoms with Crippen molar-refractivity contribution >= 4 is 39.7 Å². The Labute approximate surface area is 428 Å². The number of nitrogens with one attached hydrogen (secondary N) is 2. The van der Waals surface area contributed by atoms with Gasteiger partial charge >= 0.3 is 0 Å². The number of anilines is 1. The zero-order valence-corrected chi connectivity index (χ0v) is 42.3. The van der Waals surface area contributed by atoms with Gasteiger partial charge in [0.2, 0.25) is 0 Å². The molecule has 0 radical (unpaired) electrons. The van der Waals surface area contributed by atoms with E-state index in [-0.39, 0.29) is 17.4 Å². The molecule has 8 aromatic rings. The zero-order valence-electron chi connectivity index (χ0n) is 42.3. The Morgan fingerprint density at radius 2 is 1.26 bits per heavy atom. The Morgan fingerprint density at radius 1 is 0.730 bits per heavy atom. The number of hydrogen-bond donors (Lipinski definition) is 3. The number of nitrogens with two attached hydrogens (primary N) is 1. The third kappa shape index (κ3) is 11.4. The minimum absolute atomic E-state index is 0.0444. The second-order valence-electron chi connectivity index (χ2n) is 18.4. The summed E-state index contributed by atoms with van der Waals surface area (Å²) < 4.78 is 37.2.